The Labute approximate surface area is 77.6 Å². The second-order valence-electron chi connectivity index (χ2n) is 4.95. The number of aliphatic hydroxyl groups excluding tert-OH is 1. The predicted molar refractivity (Wildman–Crippen MR) is 48.0 cm³/mol. The van der Waals surface area contributed by atoms with E-state index in [1.165, 1.54) is 0 Å². The van der Waals surface area contributed by atoms with Crippen LogP contribution in [0.1, 0.15) is 19.8 Å². The number of aliphatic hydroxyl groups is 1. The average molecular weight is 178 g/mol. The highest BCUT2D eigenvalue weighted by atomic mass is 16.3. The van der Waals surface area contributed by atoms with Crippen molar-refractivity contribution in [2.45, 2.75) is 25.9 Å². The summed E-state index contributed by atoms with van der Waals surface area (Å²) in [4.78, 5) is 11.5. The number of carbonyl (C=O) groups is 1. The van der Waals surface area contributed by atoms with Crippen molar-refractivity contribution in [2.75, 3.05) is 0 Å². The minimum atomic E-state index is -0.165. The first-order valence-electron chi connectivity index (χ1n) is 5.05. The lowest BCUT2D eigenvalue weighted by atomic mass is 9.49. The fourth-order valence-electron chi connectivity index (χ4n) is 3.89. The van der Waals surface area contributed by atoms with Crippen LogP contribution in [0.15, 0.2) is 12.2 Å². The molecule has 0 aliphatic heterocycles. The van der Waals surface area contributed by atoms with Crippen molar-refractivity contribution in [3.8, 4) is 0 Å². The Morgan fingerprint density at radius 3 is 3.15 bits per heavy atom. The van der Waals surface area contributed by atoms with Gasteiger partial charge in [0, 0.05) is 5.92 Å². The Kier molecular flexibility index (Phi) is 1.23. The van der Waals surface area contributed by atoms with Crippen LogP contribution >= 0.6 is 0 Å². The number of hydrogen-bond donors (Lipinski definition) is 1. The van der Waals surface area contributed by atoms with Gasteiger partial charge in [-0.1, -0.05) is 13.0 Å². The SMILES string of the molecule is C[C@@]12CC[C@H](O)[C@@H]1[C@H]1C=CC(=O)[C@H]12. The molecule has 0 bridgehead atoms. The smallest absolute Gasteiger partial charge is 0.159 e. The summed E-state index contributed by atoms with van der Waals surface area (Å²) in [6.45, 7) is 2.17. The lowest BCUT2D eigenvalue weighted by Crippen LogP contribution is -2.55. The van der Waals surface area contributed by atoms with Crippen molar-refractivity contribution >= 4 is 5.78 Å². The maximum Gasteiger partial charge on any atom is 0.159 e. The number of allylic oxidation sites excluding steroid dienone is 2. The van der Waals surface area contributed by atoms with Crippen LogP contribution in [-0.4, -0.2) is 17.0 Å². The van der Waals surface area contributed by atoms with Gasteiger partial charge >= 0.3 is 0 Å². The molecule has 0 heterocycles. The Balaban J connectivity index is 2.00. The zero-order chi connectivity index (χ0) is 9.22. The van der Waals surface area contributed by atoms with Gasteiger partial charge in [0.1, 0.15) is 0 Å². The minimum Gasteiger partial charge on any atom is -0.393 e. The highest BCUT2D eigenvalue weighted by Crippen LogP contribution is 2.66. The molecule has 0 saturated heterocycles. The summed E-state index contributed by atoms with van der Waals surface area (Å²) in [5.41, 5.74) is 0.116. The van der Waals surface area contributed by atoms with Gasteiger partial charge < -0.3 is 5.11 Å². The number of hydrogen-bond acceptors (Lipinski definition) is 2. The molecule has 2 saturated carbocycles. The van der Waals surface area contributed by atoms with E-state index in [2.05, 4.69) is 6.92 Å². The lowest BCUT2D eigenvalue weighted by Gasteiger charge is -2.53. The Morgan fingerprint density at radius 1 is 1.62 bits per heavy atom. The largest absolute Gasteiger partial charge is 0.393 e. The minimum absolute atomic E-state index is 0.116. The second kappa shape index (κ2) is 2.06. The van der Waals surface area contributed by atoms with Gasteiger partial charge in [0.15, 0.2) is 5.78 Å². The zero-order valence-electron chi connectivity index (χ0n) is 7.73. The molecule has 2 fully saturated rings. The number of rotatable bonds is 0. The van der Waals surface area contributed by atoms with Crippen LogP contribution in [0.5, 0.6) is 0 Å². The molecule has 0 aromatic heterocycles. The zero-order valence-corrected chi connectivity index (χ0v) is 7.73. The lowest BCUT2D eigenvalue weighted by molar-refractivity contribution is -0.143. The molecule has 70 valence electrons. The molecule has 2 heteroatoms. The topological polar surface area (TPSA) is 37.3 Å². The van der Waals surface area contributed by atoms with E-state index in [0.29, 0.717) is 11.8 Å². The molecule has 5 atom stereocenters. The Morgan fingerprint density at radius 2 is 2.38 bits per heavy atom. The van der Waals surface area contributed by atoms with Crippen molar-refractivity contribution in [2.24, 2.45) is 23.2 Å². The molecule has 3 aliphatic carbocycles. The standard InChI is InChI=1S/C11H14O2/c1-11-5-4-8(13)10(11)6-2-3-7(12)9(6)11/h2-3,6,8-10,13H,4-5H2,1H3/t6-,8-,9-,10-,11-/m0/s1. The average Bonchev–Trinajstić information content (AvgIpc) is 2.49. The van der Waals surface area contributed by atoms with E-state index in [0.717, 1.165) is 12.8 Å². The van der Waals surface area contributed by atoms with Crippen LogP contribution < -0.4 is 0 Å². The summed E-state index contributed by atoms with van der Waals surface area (Å²) in [6, 6.07) is 0. The summed E-state index contributed by atoms with van der Waals surface area (Å²) in [5.74, 6) is 1.21. The summed E-state index contributed by atoms with van der Waals surface area (Å²) in [6.07, 6.45) is 5.46. The maximum absolute atomic E-state index is 11.5. The van der Waals surface area contributed by atoms with Crippen molar-refractivity contribution in [3.05, 3.63) is 12.2 Å². The number of carbonyl (C=O) groups excluding carboxylic acids is 1. The molecule has 3 rings (SSSR count). The molecule has 0 aromatic rings. The quantitative estimate of drug-likeness (QED) is 0.604. The van der Waals surface area contributed by atoms with Gasteiger partial charge in [0.25, 0.3) is 0 Å². The molecular formula is C11H14O2. The van der Waals surface area contributed by atoms with Gasteiger partial charge in [0.2, 0.25) is 0 Å². The normalized spacial score (nSPS) is 57.5. The van der Waals surface area contributed by atoms with E-state index >= 15 is 0 Å². The third-order valence-electron chi connectivity index (χ3n) is 4.45. The molecule has 3 aliphatic rings. The van der Waals surface area contributed by atoms with Gasteiger partial charge in [-0.15, -0.1) is 0 Å². The van der Waals surface area contributed by atoms with Gasteiger partial charge in [0.05, 0.1) is 6.10 Å². The first kappa shape index (κ1) is 7.74. The predicted octanol–water partition coefficient (Wildman–Crippen LogP) is 1.15. The number of ketones is 1. The summed E-state index contributed by atoms with van der Waals surface area (Å²) in [7, 11) is 0. The van der Waals surface area contributed by atoms with Gasteiger partial charge in [-0.05, 0) is 36.2 Å². The van der Waals surface area contributed by atoms with E-state index in [9.17, 15) is 9.90 Å². The third-order valence-corrected chi connectivity index (χ3v) is 4.45. The van der Waals surface area contributed by atoms with E-state index in [1.54, 1.807) is 6.08 Å². The van der Waals surface area contributed by atoms with Crippen LogP contribution in [0.4, 0.5) is 0 Å². The summed E-state index contributed by atoms with van der Waals surface area (Å²) < 4.78 is 0. The van der Waals surface area contributed by atoms with Crippen LogP contribution in [0.3, 0.4) is 0 Å². The highest BCUT2D eigenvalue weighted by molar-refractivity contribution is 5.96. The second-order valence-corrected chi connectivity index (χ2v) is 4.95. The van der Waals surface area contributed by atoms with E-state index in [4.69, 9.17) is 0 Å². The molecule has 0 unspecified atom stereocenters. The summed E-state index contributed by atoms with van der Waals surface area (Å²) >= 11 is 0. The summed E-state index contributed by atoms with van der Waals surface area (Å²) in [5, 5.41) is 9.77. The maximum atomic E-state index is 11.5. The van der Waals surface area contributed by atoms with Gasteiger partial charge in [-0.2, -0.15) is 0 Å². The fraction of sp³-hybridized carbons (Fsp3) is 0.727. The Bertz CT molecular complexity index is 307. The molecule has 0 spiro atoms. The molecule has 0 aromatic carbocycles. The van der Waals surface area contributed by atoms with Crippen molar-refractivity contribution in [1.82, 2.24) is 0 Å². The molecule has 2 nitrogen and oxygen atoms in total. The van der Waals surface area contributed by atoms with E-state index in [1.807, 2.05) is 6.08 Å². The first-order chi connectivity index (χ1) is 6.14. The third kappa shape index (κ3) is 0.678. The van der Waals surface area contributed by atoms with Crippen LogP contribution in [0, 0.1) is 23.2 Å². The number of fused-ring (bicyclic) bond motifs is 4. The van der Waals surface area contributed by atoms with E-state index < -0.39 is 0 Å². The molecule has 1 N–H and O–H groups in total. The molecule has 0 radical (unpaired) electrons. The molecular weight excluding hydrogens is 164 g/mol. The monoisotopic (exact) mass is 178 g/mol. The van der Waals surface area contributed by atoms with Crippen LogP contribution in [0.25, 0.3) is 0 Å². The van der Waals surface area contributed by atoms with Crippen LogP contribution in [-0.2, 0) is 4.79 Å². The van der Waals surface area contributed by atoms with Gasteiger partial charge in [-0.3, -0.25) is 4.79 Å². The highest BCUT2D eigenvalue weighted by Gasteiger charge is 2.66. The van der Waals surface area contributed by atoms with Crippen molar-refractivity contribution in [3.63, 3.8) is 0 Å². The molecule has 0 amide bonds. The first-order valence-corrected chi connectivity index (χ1v) is 5.05. The molecule has 13 heavy (non-hydrogen) atoms. The Hall–Kier alpha value is -0.630. The van der Waals surface area contributed by atoms with Crippen molar-refractivity contribution < 1.29 is 9.90 Å². The van der Waals surface area contributed by atoms with Crippen LogP contribution in [0.2, 0.25) is 0 Å². The fourth-order valence-corrected chi connectivity index (χ4v) is 3.89. The van der Waals surface area contributed by atoms with Crippen molar-refractivity contribution in [1.29, 1.82) is 0 Å². The van der Waals surface area contributed by atoms with E-state index in [-0.39, 0.29) is 23.2 Å². The van der Waals surface area contributed by atoms with Gasteiger partial charge in [-0.25, -0.2) is 0 Å².